The molecular weight excluding hydrogens is 512 g/mol. The molecule has 208 valence electrons. The van der Waals surface area contributed by atoms with E-state index in [0.29, 0.717) is 36.4 Å². The van der Waals surface area contributed by atoms with Crippen LogP contribution in [0, 0.1) is 0 Å². The fourth-order valence-corrected chi connectivity index (χ4v) is 6.13. The van der Waals surface area contributed by atoms with E-state index in [1.807, 2.05) is 36.3 Å². The molecule has 40 heavy (non-hydrogen) atoms. The summed E-state index contributed by atoms with van der Waals surface area (Å²) in [6, 6.07) is 5.82. The Hall–Kier alpha value is -4.32. The average molecular weight is 545 g/mol. The van der Waals surface area contributed by atoms with E-state index in [9.17, 15) is 9.59 Å². The second kappa shape index (κ2) is 10.3. The van der Waals surface area contributed by atoms with Gasteiger partial charge in [-0.2, -0.15) is 14.7 Å². The Labute approximate surface area is 231 Å². The lowest BCUT2D eigenvalue weighted by Crippen LogP contribution is -2.46. The molecule has 6 heterocycles. The number of methoxy groups -OCH3 is 1. The van der Waals surface area contributed by atoms with E-state index in [2.05, 4.69) is 15.2 Å². The van der Waals surface area contributed by atoms with Crippen molar-refractivity contribution < 1.29 is 19.1 Å². The van der Waals surface area contributed by atoms with Crippen molar-refractivity contribution in [2.75, 3.05) is 26.1 Å². The number of fused-ring (bicyclic) bond motifs is 3. The van der Waals surface area contributed by atoms with Gasteiger partial charge < -0.3 is 20.1 Å². The predicted molar refractivity (Wildman–Crippen MR) is 147 cm³/mol. The lowest BCUT2D eigenvalue weighted by atomic mass is 9.85. The number of nitrogens with two attached hydrogens (primary N) is 1. The summed E-state index contributed by atoms with van der Waals surface area (Å²) < 4.78 is 13.7. The lowest BCUT2D eigenvalue weighted by Gasteiger charge is -2.38. The van der Waals surface area contributed by atoms with Crippen LogP contribution >= 0.6 is 0 Å². The van der Waals surface area contributed by atoms with E-state index in [4.69, 9.17) is 20.2 Å². The molecule has 3 atom stereocenters. The lowest BCUT2D eigenvalue weighted by molar-refractivity contribution is 0.0467. The number of nitrogens with zero attached hydrogens (tertiary/aromatic N) is 7. The summed E-state index contributed by atoms with van der Waals surface area (Å²) in [5.41, 5.74) is 11.3. The summed E-state index contributed by atoms with van der Waals surface area (Å²) in [4.78, 5) is 37.1. The first kappa shape index (κ1) is 25.9. The second-order valence-corrected chi connectivity index (χ2v) is 10.5. The van der Waals surface area contributed by atoms with Crippen LogP contribution in [-0.2, 0) is 16.5 Å². The highest BCUT2D eigenvalue weighted by atomic mass is 16.6. The van der Waals surface area contributed by atoms with Crippen molar-refractivity contribution in [2.45, 2.75) is 50.6 Å². The highest BCUT2D eigenvalue weighted by molar-refractivity contribution is 6.00. The Bertz CT molecular complexity index is 1560. The van der Waals surface area contributed by atoms with Crippen molar-refractivity contribution in [2.24, 2.45) is 7.05 Å². The number of carbonyl (C=O) groups is 2. The van der Waals surface area contributed by atoms with Crippen molar-refractivity contribution in [1.29, 1.82) is 0 Å². The van der Waals surface area contributed by atoms with Gasteiger partial charge >= 0.3 is 6.09 Å². The monoisotopic (exact) mass is 544 g/mol. The van der Waals surface area contributed by atoms with E-state index in [1.165, 1.54) is 11.4 Å². The number of ketones is 1. The topological polar surface area (TPSA) is 143 Å². The smallest absolute Gasteiger partial charge is 0.410 e. The van der Waals surface area contributed by atoms with Gasteiger partial charge in [0.2, 0.25) is 0 Å². The molecule has 4 aromatic rings. The number of hydrogen-bond donors (Lipinski definition) is 1. The third-order valence-electron chi connectivity index (χ3n) is 7.96. The quantitative estimate of drug-likeness (QED) is 0.273. The molecule has 0 aromatic carbocycles. The first-order chi connectivity index (χ1) is 19.4. The molecule has 4 aromatic heterocycles. The first-order valence-electron chi connectivity index (χ1n) is 13.4. The number of hydrogen-bond acceptors (Lipinski definition) is 9. The number of anilines is 1. The van der Waals surface area contributed by atoms with Crippen LogP contribution in [0.25, 0.3) is 28.2 Å². The summed E-state index contributed by atoms with van der Waals surface area (Å²) in [5.74, 6) is 0.0822. The van der Waals surface area contributed by atoms with Gasteiger partial charge in [0, 0.05) is 55.7 Å². The zero-order chi connectivity index (χ0) is 28.0. The van der Waals surface area contributed by atoms with E-state index in [1.54, 1.807) is 24.2 Å². The largest absolute Gasteiger partial charge is 0.447 e. The number of aromatic nitrogens is 6. The normalized spacial score (nSPS) is 20.3. The molecule has 6 rings (SSSR count). The van der Waals surface area contributed by atoms with E-state index >= 15 is 0 Å². The van der Waals surface area contributed by atoms with Crippen molar-refractivity contribution in [3.05, 3.63) is 48.0 Å². The number of ether oxygens (including phenoxy) is 2. The maximum absolute atomic E-state index is 12.8. The number of piperidine rings is 1. The fourth-order valence-electron chi connectivity index (χ4n) is 6.13. The van der Waals surface area contributed by atoms with Gasteiger partial charge in [0.15, 0.2) is 11.4 Å². The third-order valence-corrected chi connectivity index (χ3v) is 7.96. The van der Waals surface area contributed by atoms with Crippen LogP contribution < -0.4 is 5.73 Å². The maximum Gasteiger partial charge on any atom is 0.410 e. The van der Waals surface area contributed by atoms with Crippen LogP contribution in [0.3, 0.4) is 0 Å². The van der Waals surface area contributed by atoms with Crippen molar-refractivity contribution >= 4 is 23.3 Å². The van der Waals surface area contributed by atoms with Crippen molar-refractivity contribution in [3.8, 4) is 22.5 Å². The van der Waals surface area contributed by atoms with Gasteiger partial charge in [-0.3, -0.25) is 14.5 Å². The van der Waals surface area contributed by atoms with Gasteiger partial charge in [-0.1, -0.05) is 6.07 Å². The number of carbonyl (C=O) groups excluding carboxylic acids is 2. The summed E-state index contributed by atoms with van der Waals surface area (Å²) in [6.07, 6.45) is 8.18. The van der Waals surface area contributed by atoms with E-state index in [0.717, 1.165) is 35.4 Å². The van der Waals surface area contributed by atoms with Gasteiger partial charge in [-0.05, 0) is 44.7 Å². The zero-order valence-corrected chi connectivity index (χ0v) is 22.8. The third kappa shape index (κ3) is 4.47. The Balaban J connectivity index is 1.34. The Morgan fingerprint density at radius 2 is 1.85 bits per heavy atom. The Morgan fingerprint density at radius 3 is 2.48 bits per heavy atom. The van der Waals surface area contributed by atoms with Crippen molar-refractivity contribution in [3.63, 3.8) is 0 Å². The maximum atomic E-state index is 12.8. The van der Waals surface area contributed by atoms with Crippen LogP contribution in [0.5, 0.6) is 0 Å². The molecule has 2 saturated heterocycles. The average Bonchev–Trinajstić information content (AvgIpc) is 3.64. The molecule has 12 nitrogen and oxygen atoms in total. The minimum atomic E-state index is -0.308. The molecule has 0 aliphatic carbocycles. The van der Waals surface area contributed by atoms with Crippen LogP contribution in [-0.4, -0.2) is 78.5 Å². The highest BCUT2D eigenvalue weighted by Gasteiger charge is 2.45. The molecule has 2 aliphatic rings. The number of nitrogen functional groups attached to an aromatic ring is 1. The molecule has 0 spiro atoms. The Kier molecular flexibility index (Phi) is 6.70. The minimum Gasteiger partial charge on any atom is -0.447 e. The van der Waals surface area contributed by atoms with Crippen LogP contribution in [0.1, 0.15) is 54.6 Å². The van der Waals surface area contributed by atoms with Gasteiger partial charge in [0.25, 0.3) is 0 Å². The van der Waals surface area contributed by atoms with Gasteiger partial charge in [0.1, 0.15) is 18.1 Å². The molecule has 2 N–H and O–H groups in total. The second-order valence-electron chi connectivity index (χ2n) is 10.5. The van der Waals surface area contributed by atoms with E-state index in [-0.39, 0.29) is 42.3 Å². The number of pyridine rings is 1. The number of aryl methyl sites for hydroxylation is 1. The van der Waals surface area contributed by atoms with Crippen molar-refractivity contribution in [1.82, 2.24) is 34.3 Å². The van der Waals surface area contributed by atoms with Crippen LogP contribution in [0.2, 0.25) is 0 Å². The predicted octanol–water partition coefficient (Wildman–Crippen LogP) is 3.47. The molecule has 0 saturated carbocycles. The van der Waals surface area contributed by atoms with E-state index < -0.39 is 0 Å². The molecule has 2 aliphatic heterocycles. The SMILES string of the molecule is COCCOC(=O)N1C2CC[C@H]1CC(c1nc3c(-c4ccc(-c5ccn(C)n5)nc4)cnn3c(N)c1C(C)=O)C2. The molecule has 12 heteroatoms. The molecular formula is C28H32N8O4. The van der Waals surface area contributed by atoms with Crippen LogP contribution in [0.4, 0.5) is 10.6 Å². The molecule has 1 amide bonds. The summed E-state index contributed by atoms with van der Waals surface area (Å²) in [7, 11) is 3.44. The molecule has 2 unspecified atom stereocenters. The van der Waals surface area contributed by atoms with Gasteiger partial charge in [0.05, 0.1) is 29.8 Å². The number of amides is 1. The summed E-state index contributed by atoms with van der Waals surface area (Å²) in [6.45, 7) is 2.09. The highest BCUT2D eigenvalue weighted by Crippen LogP contribution is 2.44. The van der Waals surface area contributed by atoms with Crippen LogP contribution in [0.15, 0.2) is 36.8 Å². The fraction of sp³-hybridized carbons (Fsp3) is 0.429. The number of Topliss-reactive ketones (excluding diaryl/α,β-unsaturated/α-hetero) is 1. The van der Waals surface area contributed by atoms with Gasteiger partial charge in [-0.15, -0.1) is 0 Å². The minimum absolute atomic E-state index is 0.0191. The molecule has 2 bridgehead atoms. The molecule has 0 radical (unpaired) electrons. The molecule has 2 fully saturated rings. The standard InChI is InChI=1S/C28H32N8O4/c1-16(37)24-25(18-12-19-5-6-20(13-18)35(19)28(38)40-11-10-39-3)32-27-21(15-31-36(27)26(24)29)17-4-7-22(30-14-17)23-8-9-34(2)33-23/h4,7-9,14-15,18-20H,5-6,10-13,29H2,1-3H3/t18?,19-,20?/m0/s1. The van der Waals surface area contributed by atoms with Gasteiger partial charge in [-0.25, -0.2) is 9.78 Å². The first-order valence-corrected chi connectivity index (χ1v) is 13.4. The Morgan fingerprint density at radius 1 is 1.07 bits per heavy atom. The summed E-state index contributed by atoms with van der Waals surface area (Å²) >= 11 is 0. The summed E-state index contributed by atoms with van der Waals surface area (Å²) in [5, 5.41) is 8.89. The zero-order valence-electron chi connectivity index (χ0n) is 22.8. The number of rotatable bonds is 7.